The molecular formula is C59H49N5O. The Kier molecular flexibility index (Phi) is 9.33. The molecule has 316 valence electrons. The number of hydrogen-bond donors (Lipinski definition) is 1. The normalized spacial score (nSPS) is 12.2. The predicted molar refractivity (Wildman–Crippen MR) is 269 cm³/mol. The number of phenols is 1. The fraction of sp³-hybridized carbons (Fsp3) is 0.136. The number of aromatic hydroxyl groups is 1. The molecule has 11 rings (SSSR count). The van der Waals surface area contributed by atoms with Crippen LogP contribution in [0.1, 0.15) is 52.7 Å². The number of aromatic nitrogens is 5. The van der Waals surface area contributed by atoms with Gasteiger partial charge in [0.05, 0.1) is 38.7 Å². The monoisotopic (exact) mass is 843 g/mol. The summed E-state index contributed by atoms with van der Waals surface area (Å²) in [6.45, 7) is 13.5. The summed E-state index contributed by atoms with van der Waals surface area (Å²) in [5, 5.41) is 12.1. The molecule has 0 spiro atoms. The number of rotatable bonds is 6. The second kappa shape index (κ2) is 15.2. The van der Waals surface area contributed by atoms with Crippen LogP contribution in [0.25, 0.3) is 100 Å². The summed E-state index contributed by atoms with van der Waals surface area (Å²) in [4.78, 5) is 16.1. The first-order valence-electron chi connectivity index (χ1n) is 22.3. The third kappa shape index (κ3) is 6.85. The highest BCUT2D eigenvalue weighted by Crippen LogP contribution is 2.42. The lowest BCUT2D eigenvalue weighted by molar-refractivity contribution is 0.481. The van der Waals surface area contributed by atoms with Gasteiger partial charge in [-0.2, -0.15) is 0 Å². The molecule has 0 unspecified atom stereocenters. The Morgan fingerprint density at radius 3 is 1.72 bits per heavy atom. The van der Waals surface area contributed by atoms with Crippen molar-refractivity contribution in [2.75, 3.05) is 0 Å². The highest BCUT2D eigenvalue weighted by Gasteiger charge is 2.25. The molecule has 0 amide bonds. The molecule has 65 heavy (non-hydrogen) atoms. The Bertz CT molecular complexity index is 3620. The first kappa shape index (κ1) is 40.0. The van der Waals surface area contributed by atoms with Gasteiger partial charge in [-0.25, -0.2) is 15.0 Å². The molecule has 3 heterocycles. The van der Waals surface area contributed by atoms with E-state index in [-0.39, 0.29) is 16.6 Å². The van der Waals surface area contributed by atoms with Gasteiger partial charge >= 0.3 is 0 Å². The van der Waals surface area contributed by atoms with Crippen LogP contribution in [0.15, 0.2) is 182 Å². The molecule has 11 aromatic rings. The average molecular weight is 844 g/mol. The second-order valence-electron chi connectivity index (χ2n) is 19.1. The lowest BCUT2D eigenvalue weighted by Crippen LogP contribution is -2.12. The predicted octanol–water partition coefficient (Wildman–Crippen LogP) is 15.0. The summed E-state index contributed by atoms with van der Waals surface area (Å²) in [5.41, 5.74) is 16.9. The third-order valence-electron chi connectivity index (χ3n) is 12.8. The maximum Gasteiger partial charge on any atom is 0.152 e. The van der Waals surface area contributed by atoms with Crippen LogP contribution in [-0.4, -0.2) is 29.0 Å². The standard InChI is InChI=1S/C59H49N5O/c1-58(2,3)41-30-32-44(45(35-41)37-18-9-7-10-19-37)56-61-48-26-17-29-52(65)53(48)57-62-54-43(24-16-28-51(54)64(56)57)39-22-15-23-40(34-39)55-60-47-25-13-14-27-50(47)63(55)49-33-31-42(59(4,5)6)36-46(49)38-20-11-8-12-21-38/h7-36,65H,1-6H3. The molecule has 0 bridgehead atoms. The summed E-state index contributed by atoms with van der Waals surface area (Å²) in [6.07, 6.45) is 0. The molecule has 0 atom stereocenters. The Morgan fingerprint density at radius 1 is 0.415 bits per heavy atom. The largest absolute Gasteiger partial charge is 0.507 e. The minimum absolute atomic E-state index is 0.0297. The summed E-state index contributed by atoms with van der Waals surface area (Å²) in [5.74, 6) is 1.75. The van der Waals surface area contributed by atoms with Gasteiger partial charge in [0.25, 0.3) is 0 Å². The molecule has 0 radical (unpaired) electrons. The molecule has 6 nitrogen and oxygen atoms in total. The summed E-state index contributed by atoms with van der Waals surface area (Å²) in [6, 6.07) is 63.6. The van der Waals surface area contributed by atoms with Crippen molar-refractivity contribution < 1.29 is 5.11 Å². The van der Waals surface area contributed by atoms with E-state index in [9.17, 15) is 5.11 Å². The smallest absolute Gasteiger partial charge is 0.152 e. The fourth-order valence-corrected chi connectivity index (χ4v) is 9.31. The molecule has 0 saturated heterocycles. The fourth-order valence-electron chi connectivity index (χ4n) is 9.31. The SMILES string of the molecule is CC(C)(C)c1ccc(-c2nc3cccc(O)c3c3nc4c(-c5cccc(-c6nc7ccccc7n6-c6ccc(C(C)(C)C)cc6-c6ccccc6)c5)cccc4n23)c(-c2ccccc2)c1. The average Bonchev–Trinajstić information content (AvgIpc) is 3.91. The van der Waals surface area contributed by atoms with Crippen molar-refractivity contribution in [3.8, 4) is 67.6 Å². The van der Waals surface area contributed by atoms with E-state index in [1.165, 1.54) is 11.1 Å². The Morgan fingerprint density at radius 2 is 0.985 bits per heavy atom. The van der Waals surface area contributed by atoms with E-state index in [0.717, 1.165) is 83.9 Å². The number of phenolic OH excluding ortho intramolecular Hbond substituents is 1. The van der Waals surface area contributed by atoms with Crippen molar-refractivity contribution in [3.63, 3.8) is 0 Å². The number of para-hydroxylation sites is 3. The van der Waals surface area contributed by atoms with E-state index in [0.29, 0.717) is 16.6 Å². The van der Waals surface area contributed by atoms with E-state index in [2.05, 4.69) is 208 Å². The Balaban J connectivity index is 1.14. The van der Waals surface area contributed by atoms with E-state index in [1.54, 1.807) is 6.07 Å². The molecular weight excluding hydrogens is 795 g/mol. The Labute approximate surface area is 379 Å². The summed E-state index contributed by atoms with van der Waals surface area (Å²) in [7, 11) is 0. The van der Waals surface area contributed by atoms with E-state index in [1.807, 2.05) is 18.2 Å². The molecule has 8 aromatic carbocycles. The van der Waals surface area contributed by atoms with E-state index < -0.39 is 0 Å². The van der Waals surface area contributed by atoms with Crippen LogP contribution in [0.4, 0.5) is 0 Å². The number of fused-ring (bicyclic) bond motifs is 6. The highest BCUT2D eigenvalue weighted by molar-refractivity contribution is 6.05. The van der Waals surface area contributed by atoms with Crippen LogP contribution < -0.4 is 0 Å². The van der Waals surface area contributed by atoms with Gasteiger partial charge in [-0.1, -0.05) is 169 Å². The van der Waals surface area contributed by atoms with Gasteiger partial charge in [-0.05, 0) is 98.8 Å². The number of hydrogen-bond acceptors (Lipinski definition) is 4. The zero-order valence-corrected chi connectivity index (χ0v) is 37.5. The number of benzene rings is 8. The topological polar surface area (TPSA) is 68.2 Å². The van der Waals surface area contributed by atoms with Crippen LogP contribution in [0, 0.1) is 0 Å². The minimum atomic E-state index is -0.0594. The van der Waals surface area contributed by atoms with Crippen molar-refractivity contribution in [1.29, 1.82) is 0 Å². The van der Waals surface area contributed by atoms with Gasteiger partial charge in [-0.15, -0.1) is 0 Å². The lowest BCUT2D eigenvalue weighted by atomic mass is 9.84. The maximum atomic E-state index is 11.5. The van der Waals surface area contributed by atoms with Gasteiger partial charge in [0.1, 0.15) is 17.4 Å². The van der Waals surface area contributed by atoms with Crippen molar-refractivity contribution in [1.82, 2.24) is 23.9 Å². The van der Waals surface area contributed by atoms with Gasteiger partial charge in [-0.3, -0.25) is 8.97 Å². The van der Waals surface area contributed by atoms with Gasteiger partial charge in [0.2, 0.25) is 0 Å². The van der Waals surface area contributed by atoms with E-state index in [4.69, 9.17) is 15.0 Å². The zero-order valence-electron chi connectivity index (χ0n) is 37.5. The number of nitrogens with zero attached hydrogens (tertiary/aromatic N) is 5. The molecule has 1 N–H and O–H groups in total. The Hall–Kier alpha value is -7.83. The van der Waals surface area contributed by atoms with Crippen LogP contribution in [0.2, 0.25) is 0 Å². The zero-order chi connectivity index (χ0) is 44.6. The van der Waals surface area contributed by atoms with Crippen molar-refractivity contribution in [2.24, 2.45) is 0 Å². The van der Waals surface area contributed by atoms with Gasteiger partial charge < -0.3 is 5.11 Å². The molecule has 0 saturated carbocycles. The molecule has 3 aromatic heterocycles. The molecule has 0 aliphatic carbocycles. The lowest BCUT2D eigenvalue weighted by Gasteiger charge is -2.23. The van der Waals surface area contributed by atoms with Crippen LogP contribution >= 0.6 is 0 Å². The molecule has 0 aliphatic heterocycles. The van der Waals surface area contributed by atoms with Crippen LogP contribution in [0.5, 0.6) is 5.75 Å². The maximum absolute atomic E-state index is 11.5. The minimum Gasteiger partial charge on any atom is -0.507 e. The molecule has 0 fully saturated rings. The first-order chi connectivity index (χ1) is 31.4. The van der Waals surface area contributed by atoms with Crippen molar-refractivity contribution >= 4 is 38.6 Å². The third-order valence-corrected chi connectivity index (χ3v) is 12.8. The first-order valence-corrected chi connectivity index (χ1v) is 22.3. The molecule has 0 aliphatic rings. The highest BCUT2D eigenvalue weighted by atomic mass is 16.3. The summed E-state index contributed by atoms with van der Waals surface area (Å²) >= 11 is 0. The number of imidazole rings is 2. The van der Waals surface area contributed by atoms with Gasteiger partial charge in [0, 0.05) is 22.3 Å². The summed E-state index contributed by atoms with van der Waals surface area (Å²) < 4.78 is 4.45. The van der Waals surface area contributed by atoms with Gasteiger partial charge in [0.15, 0.2) is 5.65 Å². The van der Waals surface area contributed by atoms with E-state index >= 15 is 0 Å². The van der Waals surface area contributed by atoms with Crippen LogP contribution in [0.3, 0.4) is 0 Å². The molecule has 6 heteroatoms. The van der Waals surface area contributed by atoms with Crippen LogP contribution in [-0.2, 0) is 10.8 Å². The quantitative estimate of drug-likeness (QED) is 0.181. The second-order valence-corrected chi connectivity index (χ2v) is 19.1. The van der Waals surface area contributed by atoms with Crippen molar-refractivity contribution in [2.45, 2.75) is 52.4 Å². The van der Waals surface area contributed by atoms with Crippen molar-refractivity contribution in [3.05, 3.63) is 193 Å².